The van der Waals surface area contributed by atoms with E-state index in [4.69, 9.17) is 9.47 Å². The van der Waals surface area contributed by atoms with Crippen molar-refractivity contribution in [3.63, 3.8) is 0 Å². The van der Waals surface area contributed by atoms with Gasteiger partial charge in [0.15, 0.2) is 5.60 Å². The van der Waals surface area contributed by atoms with E-state index in [1.165, 1.54) is 16.3 Å². The van der Waals surface area contributed by atoms with Crippen LogP contribution >= 0.6 is 0 Å². The molecular weight excluding hydrogens is 807 g/mol. The zero-order valence-corrected chi connectivity index (χ0v) is 39.1. The van der Waals surface area contributed by atoms with Gasteiger partial charge in [-0.3, -0.25) is 19.2 Å². The molecule has 4 aliphatic rings. The van der Waals surface area contributed by atoms with Crippen molar-refractivity contribution in [1.29, 1.82) is 0 Å². The molecule has 13 heteroatoms. The zero-order valence-electron chi connectivity index (χ0n) is 38.1. The van der Waals surface area contributed by atoms with E-state index in [0.29, 0.717) is 45.4 Å². The first-order valence-electron chi connectivity index (χ1n) is 22.8. The number of nitrogens with zero attached hydrogens (tertiary/aromatic N) is 6. The quantitative estimate of drug-likeness (QED) is 0.0952. The minimum absolute atomic E-state index is 0.00384. The predicted octanol–water partition coefficient (Wildman–Crippen LogP) is 7.10. The van der Waals surface area contributed by atoms with Crippen LogP contribution in [-0.2, 0) is 32.9 Å². The van der Waals surface area contributed by atoms with Crippen LogP contribution in [0.4, 0.5) is 17.1 Å². The molecule has 5 heterocycles. The van der Waals surface area contributed by atoms with Crippen molar-refractivity contribution in [2.24, 2.45) is 5.92 Å². The molecule has 4 aromatic rings. The zero-order chi connectivity index (χ0) is 44.5. The van der Waals surface area contributed by atoms with Gasteiger partial charge in [0.2, 0.25) is 0 Å². The largest absolute Gasteiger partial charge is 0.497 e. The average molecular weight is 872 g/mol. The van der Waals surface area contributed by atoms with E-state index in [1.807, 2.05) is 57.1 Å². The standard InChI is InChI=1S/C50H65N7O5Si/c1-35(2)12-11-13-36(3)22-30-55-44-21-16-40(56-34-57(39-14-9-8-10-15-39)49(47(56)59)25-27-51-28-26-49)32-43(44)50(48(55)60)37(4)46(63(6,7)42-19-17-41(61-5)18-20-42)45(62-50)23-29-54-33-38(24-31-58)52-53-54/h8-10,12,14-22,32-33,37,45-46,51,58H,11,13,23-31,34H2,1-7H3/b36-22+/t37-,45+,46-,50+/m0/s1. The summed E-state index contributed by atoms with van der Waals surface area (Å²) in [5.74, 6) is 0.627. The Balaban J connectivity index is 1.22. The van der Waals surface area contributed by atoms with Crippen LogP contribution in [0, 0.1) is 5.92 Å². The molecule has 3 saturated heterocycles. The van der Waals surface area contributed by atoms with Crippen LogP contribution in [0.15, 0.2) is 102 Å². The Morgan fingerprint density at radius 3 is 2.43 bits per heavy atom. The number of aliphatic hydroxyl groups is 1. The van der Waals surface area contributed by atoms with Crippen molar-refractivity contribution in [2.45, 2.75) is 109 Å². The SMILES string of the molecule is COc1ccc([Si](C)(C)[C@@H]2[C@@H](CCn3cc(CCO)nn3)O[C@]3(C(=O)N(C/C=C(\C)CCC=C(C)C)c4ccc(N5CN(c6ccccc6)C6(CCNCC6)C5=O)cc43)[C@H]2C)cc1. The highest BCUT2D eigenvalue weighted by Gasteiger charge is 2.66. The number of carbonyl (C=O) groups is 2. The van der Waals surface area contributed by atoms with Crippen molar-refractivity contribution in [3.05, 3.63) is 114 Å². The number of benzene rings is 3. The smallest absolute Gasteiger partial charge is 0.264 e. The minimum Gasteiger partial charge on any atom is -0.497 e. The number of piperidine rings is 1. The molecule has 2 N–H and O–H groups in total. The molecule has 4 aliphatic heterocycles. The van der Waals surface area contributed by atoms with Gasteiger partial charge in [0.1, 0.15) is 11.3 Å². The van der Waals surface area contributed by atoms with Gasteiger partial charge in [0.05, 0.1) is 39.3 Å². The number of nitrogens with one attached hydrogen (secondary N) is 1. The van der Waals surface area contributed by atoms with Gasteiger partial charge < -0.3 is 29.7 Å². The Kier molecular flexibility index (Phi) is 12.9. The molecular formula is C50H65N7O5Si. The molecule has 12 nitrogen and oxygen atoms in total. The highest BCUT2D eigenvalue weighted by atomic mass is 28.3. The number of ether oxygens (including phenoxy) is 2. The minimum atomic E-state index is -2.43. The fraction of sp³-hybridized carbons (Fsp3) is 0.480. The number of aromatic nitrogens is 3. The maximum absolute atomic E-state index is 15.7. The molecule has 2 spiro atoms. The number of rotatable bonds is 15. The van der Waals surface area contributed by atoms with Gasteiger partial charge in [-0.2, -0.15) is 0 Å². The number of allylic oxidation sites excluding steroid dienone is 3. The summed E-state index contributed by atoms with van der Waals surface area (Å²) in [7, 11) is -0.744. The van der Waals surface area contributed by atoms with Crippen LogP contribution in [0.5, 0.6) is 5.75 Å². The lowest BCUT2D eigenvalue weighted by atomic mass is 9.82. The molecule has 8 rings (SSSR count). The molecule has 334 valence electrons. The van der Waals surface area contributed by atoms with E-state index < -0.39 is 19.2 Å². The third-order valence-electron chi connectivity index (χ3n) is 14.4. The molecule has 63 heavy (non-hydrogen) atoms. The van der Waals surface area contributed by atoms with Crippen LogP contribution in [0.3, 0.4) is 0 Å². The van der Waals surface area contributed by atoms with Crippen molar-refractivity contribution in [1.82, 2.24) is 20.3 Å². The van der Waals surface area contributed by atoms with Crippen molar-refractivity contribution in [3.8, 4) is 5.75 Å². The number of aryl methyl sites for hydroxylation is 1. The molecule has 0 aliphatic carbocycles. The van der Waals surface area contributed by atoms with E-state index in [2.05, 4.69) is 110 Å². The number of carbonyl (C=O) groups excluding carboxylic acids is 2. The maximum atomic E-state index is 15.7. The van der Waals surface area contributed by atoms with E-state index in [0.717, 1.165) is 60.0 Å². The third-order valence-corrected chi connectivity index (χ3v) is 18.7. The second-order valence-corrected chi connectivity index (χ2v) is 23.5. The molecule has 1 aromatic heterocycles. The second kappa shape index (κ2) is 18.2. The number of anilines is 3. The Morgan fingerprint density at radius 2 is 1.73 bits per heavy atom. The van der Waals surface area contributed by atoms with Gasteiger partial charge in [0.25, 0.3) is 11.8 Å². The normalized spacial score (nSPS) is 23.3. The summed E-state index contributed by atoms with van der Waals surface area (Å²) >= 11 is 0. The van der Waals surface area contributed by atoms with Gasteiger partial charge in [-0.25, -0.2) is 0 Å². The number of para-hydroxylation sites is 1. The summed E-state index contributed by atoms with van der Waals surface area (Å²) in [5, 5.41) is 23.0. The number of amides is 2. The fourth-order valence-corrected chi connectivity index (χ4v) is 15.0. The number of hydrogen-bond acceptors (Lipinski definition) is 9. The Hall–Kier alpha value is -5.08. The van der Waals surface area contributed by atoms with Crippen LogP contribution in [0.25, 0.3) is 0 Å². The van der Waals surface area contributed by atoms with E-state index in [1.54, 1.807) is 7.11 Å². The fourth-order valence-electron chi connectivity index (χ4n) is 11.0. The Labute approximate surface area is 373 Å². The van der Waals surface area contributed by atoms with Gasteiger partial charge >= 0.3 is 0 Å². The third kappa shape index (κ3) is 8.17. The van der Waals surface area contributed by atoms with Crippen molar-refractivity contribution < 1.29 is 24.2 Å². The molecule has 3 aromatic carbocycles. The summed E-state index contributed by atoms with van der Waals surface area (Å²) in [6.45, 7) is 16.3. The Bertz CT molecular complexity index is 2340. The molecule has 3 fully saturated rings. The lowest BCUT2D eigenvalue weighted by molar-refractivity contribution is -0.145. The monoisotopic (exact) mass is 871 g/mol. The first-order valence-corrected chi connectivity index (χ1v) is 25.8. The molecule has 0 bridgehead atoms. The molecule has 2 amide bonds. The Morgan fingerprint density at radius 1 is 0.984 bits per heavy atom. The highest BCUT2D eigenvalue weighted by molar-refractivity contribution is 6.91. The van der Waals surface area contributed by atoms with E-state index >= 15 is 4.79 Å². The lowest BCUT2D eigenvalue weighted by Crippen LogP contribution is -2.55. The molecule has 4 atom stereocenters. The highest BCUT2D eigenvalue weighted by Crippen LogP contribution is 2.60. The van der Waals surface area contributed by atoms with Crippen LogP contribution in [0.2, 0.25) is 18.6 Å². The van der Waals surface area contributed by atoms with E-state index in [-0.39, 0.29) is 36.0 Å². The summed E-state index contributed by atoms with van der Waals surface area (Å²) < 4.78 is 14.9. The van der Waals surface area contributed by atoms with E-state index in [9.17, 15) is 9.90 Å². The van der Waals surface area contributed by atoms with Crippen LogP contribution < -0.4 is 29.9 Å². The van der Waals surface area contributed by atoms with Crippen LogP contribution in [-0.4, -0.2) is 91.7 Å². The van der Waals surface area contributed by atoms with Crippen molar-refractivity contribution in [2.75, 3.05) is 54.7 Å². The number of hydrogen-bond donors (Lipinski definition) is 2. The summed E-state index contributed by atoms with van der Waals surface area (Å²) in [5.41, 5.74) is 4.79. The predicted molar refractivity (Wildman–Crippen MR) is 252 cm³/mol. The summed E-state index contributed by atoms with van der Waals surface area (Å²) in [4.78, 5) is 36.8. The summed E-state index contributed by atoms with van der Waals surface area (Å²) in [6.07, 6.45) is 10.4. The first-order chi connectivity index (χ1) is 30.3. The molecule has 0 radical (unpaired) electrons. The summed E-state index contributed by atoms with van der Waals surface area (Å²) in [6, 6.07) is 24.9. The maximum Gasteiger partial charge on any atom is 0.264 e. The molecule has 0 unspecified atom stereocenters. The van der Waals surface area contributed by atoms with Gasteiger partial charge in [-0.1, -0.05) is 84.0 Å². The second-order valence-electron chi connectivity index (χ2n) is 18.8. The number of methoxy groups -OCH3 is 1. The van der Waals surface area contributed by atoms with Gasteiger partial charge in [0, 0.05) is 55.2 Å². The van der Waals surface area contributed by atoms with Gasteiger partial charge in [-0.05, 0) is 114 Å². The topological polar surface area (TPSA) is 125 Å². The lowest BCUT2D eigenvalue weighted by Gasteiger charge is -2.39. The van der Waals surface area contributed by atoms with Crippen LogP contribution in [0.1, 0.15) is 71.1 Å². The number of aliphatic hydroxyl groups excluding tert-OH is 1. The first kappa shape index (κ1) is 44.5. The average Bonchev–Trinajstić information content (AvgIpc) is 4.00. The van der Waals surface area contributed by atoms with Crippen molar-refractivity contribution >= 4 is 42.1 Å². The molecule has 0 saturated carbocycles. The number of fused-ring (bicyclic) bond motifs is 2. The van der Waals surface area contributed by atoms with Gasteiger partial charge in [-0.15, -0.1) is 5.10 Å².